The second-order valence-corrected chi connectivity index (χ2v) is 3.51. The lowest BCUT2D eigenvalue weighted by atomic mass is 10.2. The van der Waals surface area contributed by atoms with Gasteiger partial charge in [-0.25, -0.2) is 4.79 Å². The topological polar surface area (TPSA) is 80.4 Å². The number of carbonyl (C=O) groups is 1. The number of aryl methyl sites for hydroxylation is 1. The van der Waals surface area contributed by atoms with Crippen molar-refractivity contribution in [3.8, 4) is 0 Å². The third-order valence-electron chi connectivity index (χ3n) is 1.58. The van der Waals surface area contributed by atoms with E-state index in [1.165, 1.54) is 12.1 Å². The van der Waals surface area contributed by atoms with E-state index in [-0.39, 0.29) is 10.6 Å². The van der Waals surface area contributed by atoms with Crippen LogP contribution in [0.5, 0.6) is 0 Å². The van der Waals surface area contributed by atoms with Gasteiger partial charge in [-0.2, -0.15) is 0 Å². The molecule has 1 aromatic rings. The third-order valence-corrected chi connectivity index (χ3v) is 2.49. The van der Waals surface area contributed by atoms with E-state index < -0.39 is 10.2 Å². The van der Waals surface area contributed by atoms with E-state index in [1.807, 2.05) is 0 Å². The van der Waals surface area contributed by atoms with Crippen LogP contribution in [-0.2, 0) is 0 Å². The quantitative estimate of drug-likeness (QED) is 0.464. The summed E-state index contributed by atoms with van der Waals surface area (Å²) in [5.41, 5.74) is 0.420. The van der Waals surface area contributed by atoms with Crippen molar-refractivity contribution >= 4 is 22.8 Å². The fraction of sp³-hybridized carbons (Fsp3) is 0.125. The van der Waals surface area contributed by atoms with Crippen LogP contribution in [0.4, 0.5) is 10.5 Å². The molecule has 1 rings (SSSR count). The summed E-state index contributed by atoms with van der Waals surface area (Å²) in [6.45, 7) is 1.64. The molecule has 0 aliphatic rings. The van der Waals surface area contributed by atoms with Gasteiger partial charge in [-0.15, -0.1) is 0 Å². The molecule has 1 aromatic carbocycles. The first kappa shape index (κ1) is 10.5. The summed E-state index contributed by atoms with van der Waals surface area (Å²) in [5.74, 6) is 0. The molecule has 0 aliphatic carbocycles. The lowest BCUT2D eigenvalue weighted by Crippen LogP contribution is -1.95. The lowest BCUT2D eigenvalue weighted by molar-refractivity contribution is -0.387. The Balaban J connectivity index is 3.22. The van der Waals surface area contributed by atoms with Crippen molar-refractivity contribution in [3.63, 3.8) is 0 Å². The van der Waals surface area contributed by atoms with Gasteiger partial charge in [0, 0.05) is 17.8 Å². The summed E-state index contributed by atoms with van der Waals surface area (Å²) < 4.78 is 0. The minimum absolute atomic E-state index is 0.169. The van der Waals surface area contributed by atoms with Crippen LogP contribution in [0.15, 0.2) is 23.1 Å². The van der Waals surface area contributed by atoms with E-state index in [9.17, 15) is 14.9 Å². The Morgan fingerprint density at radius 3 is 2.71 bits per heavy atom. The molecule has 0 amide bonds. The predicted octanol–water partition coefficient (Wildman–Crippen LogP) is 2.67. The van der Waals surface area contributed by atoms with Crippen LogP contribution >= 0.6 is 11.8 Å². The van der Waals surface area contributed by atoms with E-state index in [0.717, 1.165) is 0 Å². The highest BCUT2D eigenvalue weighted by molar-refractivity contribution is 8.13. The van der Waals surface area contributed by atoms with Crippen LogP contribution in [0.25, 0.3) is 0 Å². The summed E-state index contributed by atoms with van der Waals surface area (Å²) >= 11 is 0.455. The summed E-state index contributed by atoms with van der Waals surface area (Å²) in [5, 5.41) is 17.9. The van der Waals surface area contributed by atoms with Crippen LogP contribution in [0.2, 0.25) is 0 Å². The van der Waals surface area contributed by atoms with E-state index >= 15 is 0 Å². The zero-order chi connectivity index (χ0) is 10.7. The minimum Gasteiger partial charge on any atom is -0.473 e. The highest BCUT2D eigenvalue weighted by Gasteiger charge is 2.18. The summed E-state index contributed by atoms with van der Waals surface area (Å²) in [7, 11) is 0. The van der Waals surface area contributed by atoms with Gasteiger partial charge in [-0.3, -0.25) is 10.1 Å². The Morgan fingerprint density at radius 2 is 2.21 bits per heavy atom. The second kappa shape index (κ2) is 4.10. The van der Waals surface area contributed by atoms with Gasteiger partial charge >= 0.3 is 5.30 Å². The normalized spacial score (nSPS) is 9.79. The molecule has 0 fully saturated rings. The first-order chi connectivity index (χ1) is 6.52. The average molecular weight is 213 g/mol. The standard InChI is InChI=1S/C8H7NO4S/c1-5-3-2-4-6(9(12)13)7(5)14-8(10)11/h2-4H,1H3,(H,10,11). The maximum Gasteiger partial charge on any atom is 0.369 e. The smallest absolute Gasteiger partial charge is 0.369 e. The first-order valence-electron chi connectivity index (χ1n) is 3.67. The van der Waals surface area contributed by atoms with Crippen molar-refractivity contribution in [2.75, 3.05) is 0 Å². The number of benzene rings is 1. The Morgan fingerprint density at radius 1 is 1.57 bits per heavy atom. The van der Waals surface area contributed by atoms with Crippen molar-refractivity contribution in [2.24, 2.45) is 0 Å². The van der Waals surface area contributed by atoms with Gasteiger partial charge in [0.05, 0.1) is 9.82 Å². The molecule has 0 bridgehead atoms. The molecule has 6 heteroatoms. The van der Waals surface area contributed by atoms with Crippen LogP contribution < -0.4 is 0 Å². The highest BCUT2D eigenvalue weighted by atomic mass is 32.2. The Hall–Kier alpha value is -1.56. The first-order valence-corrected chi connectivity index (χ1v) is 4.49. The SMILES string of the molecule is Cc1cccc([N+](=O)[O-])c1SC(=O)O. The Labute approximate surface area is 83.9 Å². The molecule has 0 saturated heterocycles. The molecular formula is C8H7NO4S. The molecular weight excluding hydrogens is 206 g/mol. The van der Waals surface area contributed by atoms with Crippen LogP contribution in [0, 0.1) is 17.0 Å². The van der Waals surface area contributed by atoms with E-state index in [2.05, 4.69) is 0 Å². The van der Waals surface area contributed by atoms with Gasteiger partial charge in [-0.05, 0) is 12.5 Å². The molecule has 74 valence electrons. The van der Waals surface area contributed by atoms with Gasteiger partial charge in [0.2, 0.25) is 0 Å². The monoisotopic (exact) mass is 213 g/mol. The summed E-state index contributed by atoms with van der Waals surface area (Å²) in [6.07, 6.45) is 0. The molecule has 14 heavy (non-hydrogen) atoms. The maximum atomic E-state index is 10.6. The maximum absolute atomic E-state index is 10.6. The van der Waals surface area contributed by atoms with Crippen LogP contribution in [0.1, 0.15) is 5.56 Å². The van der Waals surface area contributed by atoms with Gasteiger partial charge in [0.25, 0.3) is 5.69 Å². The molecule has 0 atom stereocenters. The second-order valence-electron chi connectivity index (χ2n) is 2.55. The number of hydrogen-bond donors (Lipinski definition) is 1. The van der Waals surface area contributed by atoms with Crippen molar-refractivity contribution in [2.45, 2.75) is 11.8 Å². The van der Waals surface area contributed by atoms with E-state index in [0.29, 0.717) is 17.3 Å². The molecule has 0 heterocycles. The van der Waals surface area contributed by atoms with Crippen molar-refractivity contribution in [3.05, 3.63) is 33.9 Å². The third kappa shape index (κ3) is 2.23. The number of carboxylic acid groups (broad SMARTS) is 1. The number of nitrogens with zero attached hydrogens (tertiary/aromatic N) is 1. The van der Waals surface area contributed by atoms with Crippen molar-refractivity contribution in [1.82, 2.24) is 0 Å². The van der Waals surface area contributed by atoms with Crippen LogP contribution in [0.3, 0.4) is 0 Å². The highest BCUT2D eigenvalue weighted by Crippen LogP contribution is 2.32. The fourth-order valence-corrected chi connectivity index (χ4v) is 1.65. The van der Waals surface area contributed by atoms with Gasteiger partial charge in [0.1, 0.15) is 0 Å². The fourth-order valence-electron chi connectivity index (χ4n) is 1.00. The molecule has 0 unspecified atom stereocenters. The zero-order valence-electron chi connectivity index (χ0n) is 7.26. The molecule has 5 nitrogen and oxygen atoms in total. The van der Waals surface area contributed by atoms with Gasteiger partial charge in [-0.1, -0.05) is 12.1 Å². The van der Waals surface area contributed by atoms with E-state index in [4.69, 9.17) is 5.11 Å². The molecule has 0 saturated carbocycles. The van der Waals surface area contributed by atoms with E-state index in [1.54, 1.807) is 13.0 Å². The summed E-state index contributed by atoms with van der Waals surface area (Å²) in [4.78, 5) is 20.6. The van der Waals surface area contributed by atoms with Gasteiger partial charge < -0.3 is 5.11 Å². The van der Waals surface area contributed by atoms with Crippen LogP contribution in [-0.4, -0.2) is 15.3 Å². The molecule has 1 N–H and O–H groups in total. The number of nitro benzene ring substituents is 1. The number of nitro groups is 1. The molecule has 0 aliphatic heterocycles. The lowest BCUT2D eigenvalue weighted by Gasteiger charge is -2.02. The average Bonchev–Trinajstić information content (AvgIpc) is 2.07. The molecule has 0 aromatic heterocycles. The summed E-state index contributed by atoms with van der Waals surface area (Å²) in [6, 6.07) is 4.45. The zero-order valence-corrected chi connectivity index (χ0v) is 8.08. The Kier molecular flexibility index (Phi) is 3.08. The molecule has 0 spiro atoms. The molecule has 0 radical (unpaired) electrons. The predicted molar refractivity (Wildman–Crippen MR) is 51.7 cm³/mol. The minimum atomic E-state index is -1.15. The number of thioether (sulfide) groups is 1. The van der Waals surface area contributed by atoms with Crippen molar-refractivity contribution < 1.29 is 14.8 Å². The van der Waals surface area contributed by atoms with Gasteiger partial charge in [0.15, 0.2) is 0 Å². The number of rotatable bonds is 2. The Bertz CT molecular complexity index is 391. The van der Waals surface area contributed by atoms with Crippen molar-refractivity contribution in [1.29, 1.82) is 0 Å². The number of hydrogen-bond acceptors (Lipinski definition) is 4. The largest absolute Gasteiger partial charge is 0.473 e.